The largest absolute Gasteiger partial charge is 1.00 e. The van der Waals surface area contributed by atoms with Crippen molar-refractivity contribution in [1.29, 1.82) is 0 Å². The Morgan fingerprint density at radius 2 is 1.86 bits per heavy atom. The van der Waals surface area contributed by atoms with Gasteiger partial charge in [-0.05, 0) is 18.2 Å². The summed E-state index contributed by atoms with van der Waals surface area (Å²) in [5.74, 6) is 0.752. The molecule has 5 aromatic rings. The highest BCUT2D eigenvalue weighted by Crippen LogP contribution is 2.32. The number of H-pyrrole nitrogens is 1. The Kier molecular flexibility index (Phi) is 7.48. The number of fused-ring (bicyclic) bond motifs is 4. The zero-order chi connectivity index (χ0) is 24.5. The highest BCUT2D eigenvalue weighted by molar-refractivity contribution is 6.10. The second-order valence-electron chi connectivity index (χ2n) is 8.80. The van der Waals surface area contributed by atoms with E-state index in [2.05, 4.69) is 16.0 Å². The van der Waals surface area contributed by atoms with E-state index < -0.39 is 11.8 Å². The molecule has 0 aliphatic heterocycles. The summed E-state index contributed by atoms with van der Waals surface area (Å²) >= 11 is 0. The number of imidazole rings is 1. The smallest absolute Gasteiger partial charge is 0.332 e. The molecule has 3 heterocycles. The number of nitrogens with two attached hydrogens (primary N) is 1. The van der Waals surface area contributed by atoms with Crippen molar-refractivity contribution in [2.45, 2.75) is 19.1 Å². The van der Waals surface area contributed by atoms with E-state index in [-0.39, 0.29) is 24.6 Å². The van der Waals surface area contributed by atoms with Crippen molar-refractivity contribution in [1.82, 2.24) is 23.7 Å². The zero-order valence-corrected chi connectivity index (χ0v) is 20.9. The van der Waals surface area contributed by atoms with E-state index in [9.17, 15) is 14.7 Å². The number of hydrogen-bond acceptors (Lipinski definition) is 5. The third-order valence-corrected chi connectivity index (χ3v) is 6.39. The Hall–Kier alpha value is -3.60. The number of para-hydroxylation sites is 1. The number of nitrogens with zero attached hydrogens (tertiary/aromatic N) is 4. The van der Waals surface area contributed by atoms with Gasteiger partial charge in [0.25, 0.3) is 5.56 Å². The summed E-state index contributed by atoms with van der Waals surface area (Å²) in [5, 5.41) is 14.6. The first-order chi connectivity index (χ1) is 17.0. The SMILES string of the molecule is Cn1c(=O)c2c(ncn2CCC[NH2+]CC(O)COc2cccc3[nH]c4ccccc4c23)n(C)c1=O.[Cl-]. The fourth-order valence-corrected chi connectivity index (χ4v) is 4.53. The summed E-state index contributed by atoms with van der Waals surface area (Å²) in [4.78, 5) is 32.2. The van der Waals surface area contributed by atoms with Crippen LogP contribution in [0.3, 0.4) is 0 Å². The Bertz CT molecular complexity index is 1630. The Balaban J connectivity index is 0.00000304. The number of aliphatic hydroxyl groups is 1. The van der Waals surface area contributed by atoms with Gasteiger partial charge in [0.2, 0.25) is 0 Å². The molecule has 3 aromatic heterocycles. The van der Waals surface area contributed by atoms with Crippen molar-refractivity contribution in [2.75, 3.05) is 19.7 Å². The molecule has 0 aliphatic carbocycles. The molecule has 10 nitrogen and oxygen atoms in total. The highest BCUT2D eigenvalue weighted by Gasteiger charge is 2.15. The number of nitrogens with one attached hydrogen (secondary N) is 1. The second kappa shape index (κ2) is 10.6. The highest BCUT2D eigenvalue weighted by atomic mass is 35.5. The van der Waals surface area contributed by atoms with E-state index in [0.29, 0.717) is 24.3 Å². The molecule has 0 amide bonds. The van der Waals surface area contributed by atoms with Crippen LogP contribution in [0.4, 0.5) is 0 Å². The average molecular weight is 513 g/mol. The molecule has 1 unspecified atom stereocenters. The lowest BCUT2D eigenvalue weighted by Gasteiger charge is -2.12. The van der Waals surface area contributed by atoms with Crippen LogP contribution in [-0.2, 0) is 20.6 Å². The molecule has 1 atom stereocenters. The number of aromatic nitrogens is 5. The fraction of sp³-hybridized carbons (Fsp3) is 0.320. The number of hydrogen-bond donors (Lipinski definition) is 3. The van der Waals surface area contributed by atoms with Crippen molar-refractivity contribution in [3.63, 3.8) is 0 Å². The molecule has 2 aromatic carbocycles. The molecule has 0 spiro atoms. The minimum absolute atomic E-state index is 0. The van der Waals surface area contributed by atoms with Gasteiger partial charge < -0.3 is 37.1 Å². The van der Waals surface area contributed by atoms with Crippen LogP contribution in [-0.4, -0.2) is 54.6 Å². The molecule has 5 rings (SSSR count). The molecular weight excluding hydrogens is 484 g/mol. The van der Waals surface area contributed by atoms with Crippen LogP contribution >= 0.6 is 0 Å². The number of quaternary nitrogens is 1. The first-order valence-corrected chi connectivity index (χ1v) is 11.7. The van der Waals surface area contributed by atoms with Gasteiger partial charge in [0.1, 0.15) is 25.0 Å². The van der Waals surface area contributed by atoms with Gasteiger partial charge in [-0.15, -0.1) is 0 Å². The minimum Gasteiger partial charge on any atom is -1.00 e. The number of aliphatic hydroxyl groups excluding tert-OH is 1. The first kappa shape index (κ1) is 25.5. The lowest BCUT2D eigenvalue weighted by Crippen LogP contribution is -3.00. The monoisotopic (exact) mass is 512 g/mol. The van der Waals surface area contributed by atoms with Crippen LogP contribution in [0.25, 0.3) is 33.0 Å². The van der Waals surface area contributed by atoms with E-state index in [1.54, 1.807) is 17.9 Å². The van der Waals surface area contributed by atoms with Gasteiger partial charge in [0.05, 0.1) is 18.4 Å². The molecule has 36 heavy (non-hydrogen) atoms. The van der Waals surface area contributed by atoms with Crippen LogP contribution < -0.4 is 33.7 Å². The summed E-state index contributed by atoms with van der Waals surface area (Å²) in [5.41, 5.74) is 2.14. The van der Waals surface area contributed by atoms with E-state index in [1.807, 2.05) is 41.7 Å². The summed E-state index contributed by atoms with van der Waals surface area (Å²) in [6, 6.07) is 14.0. The first-order valence-electron chi connectivity index (χ1n) is 11.7. The van der Waals surface area contributed by atoms with Crippen molar-refractivity contribution in [3.05, 3.63) is 69.6 Å². The third kappa shape index (κ3) is 4.62. The van der Waals surface area contributed by atoms with Gasteiger partial charge >= 0.3 is 5.69 Å². The number of halogens is 1. The number of benzene rings is 2. The Labute approximate surface area is 212 Å². The molecule has 0 saturated carbocycles. The van der Waals surface area contributed by atoms with Crippen molar-refractivity contribution < 1.29 is 27.6 Å². The molecule has 4 N–H and O–H groups in total. The maximum absolute atomic E-state index is 12.5. The normalized spacial score (nSPS) is 12.3. The summed E-state index contributed by atoms with van der Waals surface area (Å²) in [6.07, 6.45) is 1.76. The maximum atomic E-state index is 12.5. The molecule has 0 aliphatic rings. The molecule has 190 valence electrons. The zero-order valence-electron chi connectivity index (χ0n) is 20.1. The van der Waals surface area contributed by atoms with Gasteiger partial charge in [-0.1, -0.05) is 24.3 Å². The van der Waals surface area contributed by atoms with Crippen molar-refractivity contribution in [2.24, 2.45) is 14.1 Å². The van der Waals surface area contributed by atoms with Crippen LogP contribution in [0.1, 0.15) is 6.42 Å². The lowest BCUT2D eigenvalue weighted by atomic mass is 10.1. The predicted molar refractivity (Wildman–Crippen MR) is 134 cm³/mol. The van der Waals surface area contributed by atoms with Gasteiger partial charge in [0, 0.05) is 43.4 Å². The van der Waals surface area contributed by atoms with Crippen LogP contribution in [0.5, 0.6) is 5.75 Å². The molecule has 0 saturated heterocycles. The fourth-order valence-electron chi connectivity index (χ4n) is 4.53. The van der Waals surface area contributed by atoms with Crippen molar-refractivity contribution in [3.8, 4) is 5.75 Å². The Morgan fingerprint density at radius 1 is 1.08 bits per heavy atom. The number of aryl methyl sites for hydroxylation is 2. The van der Waals surface area contributed by atoms with Gasteiger partial charge in [-0.2, -0.15) is 0 Å². The summed E-state index contributed by atoms with van der Waals surface area (Å²) < 4.78 is 10.3. The van der Waals surface area contributed by atoms with E-state index in [1.165, 1.54) is 11.6 Å². The van der Waals surface area contributed by atoms with E-state index in [4.69, 9.17) is 4.74 Å². The molecule has 0 radical (unpaired) electrons. The lowest BCUT2D eigenvalue weighted by molar-refractivity contribution is -0.661. The molecule has 0 fully saturated rings. The van der Waals surface area contributed by atoms with E-state index in [0.717, 1.165) is 45.1 Å². The van der Waals surface area contributed by atoms with Crippen molar-refractivity contribution >= 4 is 33.0 Å². The Morgan fingerprint density at radius 3 is 2.69 bits per heavy atom. The third-order valence-electron chi connectivity index (χ3n) is 6.39. The van der Waals surface area contributed by atoms with Gasteiger partial charge in [-0.3, -0.25) is 13.9 Å². The summed E-state index contributed by atoms with van der Waals surface area (Å²) in [6.45, 7) is 2.06. The summed E-state index contributed by atoms with van der Waals surface area (Å²) in [7, 11) is 3.08. The predicted octanol–water partition coefficient (Wildman–Crippen LogP) is -2.53. The quantitative estimate of drug-likeness (QED) is 0.188. The number of rotatable bonds is 9. The molecule has 0 bridgehead atoms. The molecular formula is C25H29ClN6O4. The van der Waals surface area contributed by atoms with Gasteiger partial charge in [-0.25, -0.2) is 9.78 Å². The number of ether oxygens (including phenoxy) is 1. The number of aromatic amines is 1. The average Bonchev–Trinajstić information content (AvgIpc) is 3.46. The topological polar surface area (TPSA) is 124 Å². The van der Waals surface area contributed by atoms with Crippen LogP contribution in [0, 0.1) is 0 Å². The van der Waals surface area contributed by atoms with Crippen LogP contribution in [0.15, 0.2) is 58.4 Å². The van der Waals surface area contributed by atoms with Crippen LogP contribution in [0.2, 0.25) is 0 Å². The van der Waals surface area contributed by atoms with Gasteiger partial charge in [0.15, 0.2) is 11.2 Å². The second-order valence-corrected chi connectivity index (χ2v) is 8.80. The standard InChI is InChI=1S/C25H28N6O4.ClH/c1-29-23-22(24(33)30(2)25(29)34)31(15-27-23)12-6-11-26-13-16(32)14-35-20-10-5-9-19-21(20)17-7-3-4-8-18(17)28-19;/h3-5,7-10,15-16,26,28,32H,6,11-14H2,1-2H3;1H. The minimum atomic E-state index is -0.619. The van der Waals surface area contributed by atoms with E-state index >= 15 is 0 Å². The maximum Gasteiger partial charge on any atom is 0.332 e. The molecule has 11 heteroatoms.